The molecule has 12 heteroatoms. The van der Waals surface area contributed by atoms with Gasteiger partial charge in [0.1, 0.15) is 0 Å². The molecular weight excluding hydrogens is 550 g/mol. The van der Waals surface area contributed by atoms with Crippen LogP contribution in [0.1, 0.15) is 60.5 Å². The Hall–Kier alpha value is -2.23. The lowest BCUT2D eigenvalue weighted by Crippen LogP contribution is -2.25. The Balaban J connectivity index is 0.00000228. The summed E-state index contributed by atoms with van der Waals surface area (Å²) in [6.45, 7) is 1.82. The fourth-order valence-electron chi connectivity index (χ4n) is 3.87. The summed E-state index contributed by atoms with van der Waals surface area (Å²) in [6.07, 6.45) is 7.41. The Morgan fingerprint density at radius 2 is 1.86 bits per heavy atom. The van der Waals surface area contributed by atoms with E-state index < -0.39 is 11.9 Å². The van der Waals surface area contributed by atoms with Gasteiger partial charge in [0.2, 0.25) is 5.89 Å². The van der Waals surface area contributed by atoms with E-state index in [-0.39, 0.29) is 54.8 Å². The smallest absolute Gasteiger partial charge is 0.273 e. The Kier molecular flexibility index (Phi) is 11.1. The Morgan fingerprint density at radius 3 is 2.47 bits per heavy atom. The quantitative estimate of drug-likeness (QED) is 0.329. The third-order valence-corrected chi connectivity index (χ3v) is 6.32. The van der Waals surface area contributed by atoms with Gasteiger partial charge in [-0.3, -0.25) is 9.78 Å². The molecule has 0 radical (unpaired) electrons. The van der Waals surface area contributed by atoms with Gasteiger partial charge >= 0.3 is 0 Å². The number of hydrogen-bond acceptors (Lipinski definition) is 7. The molecule has 0 saturated heterocycles. The standard InChI is InChI=1S/C24H26Cl2N4O4.2ClH/c1-13(27)22-21(23(31)29-10-16-17(25)11-28-12-18(16)26)30-24(34-22)14-7-8-19(32-2)20(9-14)33-15-5-3-4-6-15;;/h7-9,11-13,15H,3-6,10,27H2,1-2H3,(H,29,31);2*1H/t13-;;/m0../s1. The first kappa shape index (κ1) is 30.0. The van der Waals surface area contributed by atoms with Crippen LogP contribution in [-0.4, -0.2) is 29.1 Å². The van der Waals surface area contributed by atoms with Crippen molar-refractivity contribution >= 4 is 53.9 Å². The van der Waals surface area contributed by atoms with Gasteiger partial charge in [-0.15, -0.1) is 24.8 Å². The second kappa shape index (κ2) is 13.4. The largest absolute Gasteiger partial charge is 0.493 e. The lowest BCUT2D eigenvalue weighted by molar-refractivity contribution is 0.0944. The maximum absolute atomic E-state index is 13.0. The summed E-state index contributed by atoms with van der Waals surface area (Å²) in [7, 11) is 1.60. The molecule has 1 saturated carbocycles. The second-order valence-electron chi connectivity index (χ2n) is 8.17. The lowest BCUT2D eigenvalue weighted by Gasteiger charge is -2.16. The number of nitrogens with zero attached hydrogens (tertiary/aromatic N) is 2. The van der Waals surface area contributed by atoms with Crippen LogP contribution in [0, 0.1) is 0 Å². The zero-order chi connectivity index (χ0) is 24.2. The van der Waals surface area contributed by atoms with E-state index in [4.69, 9.17) is 42.8 Å². The number of carbonyl (C=O) groups excluding carboxylic acids is 1. The molecule has 2 aromatic heterocycles. The van der Waals surface area contributed by atoms with Crippen LogP contribution in [0.3, 0.4) is 0 Å². The van der Waals surface area contributed by atoms with Crippen molar-refractivity contribution in [2.45, 2.75) is 51.3 Å². The molecule has 0 unspecified atom stereocenters. The number of carbonyl (C=O) groups is 1. The average Bonchev–Trinajstić information content (AvgIpc) is 3.49. The second-order valence-corrected chi connectivity index (χ2v) is 8.99. The van der Waals surface area contributed by atoms with Crippen LogP contribution in [-0.2, 0) is 6.54 Å². The van der Waals surface area contributed by atoms with Crippen LogP contribution in [0.4, 0.5) is 0 Å². The predicted molar refractivity (Wildman–Crippen MR) is 144 cm³/mol. The molecule has 3 N–H and O–H groups in total. The SMILES string of the molecule is COc1ccc(-c2nc(C(=O)NCc3c(Cl)cncc3Cl)c([C@H](C)N)o2)cc1OC1CCCC1.Cl.Cl. The van der Waals surface area contributed by atoms with Crippen molar-refractivity contribution in [1.29, 1.82) is 0 Å². The Labute approximate surface area is 232 Å². The molecule has 1 atom stereocenters. The van der Waals surface area contributed by atoms with E-state index in [1.165, 1.54) is 12.4 Å². The van der Waals surface area contributed by atoms with Crippen molar-refractivity contribution in [3.8, 4) is 23.0 Å². The van der Waals surface area contributed by atoms with Gasteiger partial charge in [-0.1, -0.05) is 23.2 Å². The molecule has 1 aliphatic rings. The van der Waals surface area contributed by atoms with E-state index in [1.807, 2.05) is 6.07 Å². The molecule has 8 nitrogen and oxygen atoms in total. The number of benzene rings is 1. The highest BCUT2D eigenvalue weighted by Gasteiger charge is 2.25. The third kappa shape index (κ3) is 6.75. The summed E-state index contributed by atoms with van der Waals surface area (Å²) >= 11 is 12.3. The molecule has 1 aliphatic carbocycles. The summed E-state index contributed by atoms with van der Waals surface area (Å²) in [5.41, 5.74) is 7.38. The number of rotatable bonds is 8. The molecule has 0 bridgehead atoms. The lowest BCUT2D eigenvalue weighted by atomic mass is 10.2. The first-order chi connectivity index (χ1) is 16.4. The van der Waals surface area contributed by atoms with Gasteiger partial charge in [0.05, 0.1) is 29.3 Å². The maximum Gasteiger partial charge on any atom is 0.273 e. The third-order valence-electron chi connectivity index (χ3n) is 5.67. The number of nitrogens with two attached hydrogens (primary N) is 1. The van der Waals surface area contributed by atoms with Crippen LogP contribution in [0.5, 0.6) is 11.5 Å². The molecule has 3 aromatic rings. The van der Waals surface area contributed by atoms with Crippen molar-refractivity contribution in [3.05, 3.63) is 57.7 Å². The zero-order valence-electron chi connectivity index (χ0n) is 19.8. The highest BCUT2D eigenvalue weighted by molar-refractivity contribution is 6.35. The van der Waals surface area contributed by atoms with Crippen molar-refractivity contribution in [1.82, 2.24) is 15.3 Å². The van der Waals surface area contributed by atoms with Crippen LogP contribution in [0.15, 0.2) is 35.0 Å². The summed E-state index contributed by atoms with van der Waals surface area (Å²) in [5, 5.41) is 3.49. The summed E-state index contributed by atoms with van der Waals surface area (Å²) in [5.74, 6) is 1.31. The molecular formula is C24H28Cl4N4O4. The van der Waals surface area contributed by atoms with Crippen molar-refractivity contribution < 1.29 is 18.7 Å². The molecule has 0 aliphatic heterocycles. The van der Waals surface area contributed by atoms with Crippen molar-refractivity contribution in [2.75, 3.05) is 7.11 Å². The predicted octanol–water partition coefficient (Wildman–Crippen LogP) is 6.17. The molecule has 1 fully saturated rings. The number of aromatic nitrogens is 2. The van der Waals surface area contributed by atoms with Gasteiger partial charge in [-0.2, -0.15) is 0 Å². The van der Waals surface area contributed by atoms with E-state index in [1.54, 1.807) is 26.2 Å². The normalized spacial score (nSPS) is 13.9. The monoisotopic (exact) mass is 576 g/mol. The van der Waals surface area contributed by atoms with E-state index in [0.717, 1.165) is 25.7 Å². The summed E-state index contributed by atoms with van der Waals surface area (Å²) in [6, 6.07) is 4.85. The van der Waals surface area contributed by atoms with E-state index in [9.17, 15) is 4.79 Å². The van der Waals surface area contributed by atoms with E-state index >= 15 is 0 Å². The highest BCUT2D eigenvalue weighted by atomic mass is 35.5. The molecule has 2 heterocycles. The van der Waals surface area contributed by atoms with Crippen LogP contribution < -0.4 is 20.5 Å². The van der Waals surface area contributed by atoms with E-state index in [0.29, 0.717) is 32.7 Å². The minimum absolute atomic E-state index is 0. The number of hydrogen-bond donors (Lipinski definition) is 2. The average molecular weight is 578 g/mol. The maximum atomic E-state index is 13.0. The van der Waals surface area contributed by atoms with Gasteiger partial charge in [0.25, 0.3) is 5.91 Å². The minimum atomic E-state index is -0.553. The fraction of sp³-hybridized carbons (Fsp3) is 0.375. The first-order valence-electron chi connectivity index (χ1n) is 11.0. The van der Waals surface area contributed by atoms with Crippen LogP contribution in [0.25, 0.3) is 11.5 Å². The molecule has 4 rings (SSSR count). The number of methoxy groups -OCH3 is 1. The van der Waals surface area contributed by atoms with Gasteiger partial charge in [-0.25, -0.2) is 4.98 Å². The topological polar surface area (TPSA) is 112 Å². The number of nitrogens with one attached hydrogen (secondary N) is 1. The van der Waals surface area contributed by atoms with Crippen LogP contribution >= 0.6 is 48.0 Å². The fourth-order valence-corrected chi connectivity index (χ4v) is 4.37. The number of amides is 1. The van der Waals surface area contributed by atoms with Gasteiger partial charge in [0.15, 0.2) is 23.0 Å². The van der Waals surface area contributed by atoms with E-state index in [2.05, 4.69) is 15.3 Å². The highest BCUT2D eigenvalue weighted by Crippen LogP contribution is 2.36. The molecule has 0 spiro atoms. The van der Waals surface area contributed by atoms with Gasteiger partial charge in [-0.05, 0) is 50.8 Å². The van der Waals surface area contributed by atoms with Gasteiger partial charge < -0.3 is 24.9 Å². The number of halogens is 4. The van der Waals surface area contributed by atoms with Crippen molar-refractivity contribution in [3.63, 3.8) is 0 Å². The Bertz CT molecular complexity index is 1160. The molecule has 1 aromatic carbocycles. The summed E-state index contributed by atoms with van der Waals surface area (Å²) < 4.78 is 17.6. The number of oxazole rings is 1. The van der Waals surface area contributed by atoms with Crippen LogP contribution in [0.2, 0.25) is 10.0 Å². The zero-order valence-corrected chi connectivity index (χ0v) is 22.9. The van der Waals surface area contributed by atoms with Gasteiger partial charge in [0, 0.05) is 30.1 Å². The van der Waals surface area contributed by atoms with Crippen molar-refractivity contribution in [2.24, 2.45) is 5.73 Å². The minimum Gasteiger partial charge on any atom is -0.493 e. The first-order valence-corrected chi connectivity index (χ1v) is 11.8. The number of pyridine rings is 1. The molecule has 1 amide bonds. The molecule has 36 heavy (non-hydrogen) atoms. The summed E-state index contributed by atoms with van der Waals surface area (Å²) in [4.78, 5) is 21.3. The molecule has 196 valence electrons. The number of ether oxygens (including phenoxy) is 2. The Morgan fingerprint density at radius 1 is 1.19 bits per heavy atom.